The van der Waals surface area contributed by atoms with Gasteiger partial charge in [0, 0.05) is 38.7 Å². The highest BCUT2D eigenvalue weighted by Gasteiger charge is 2.32. The van der Waals surface area contributed by atoms with E-state index >= 15 is 0 Å². The molecule has 41 heavy (non-hydrogen) atoms. The third-order valence-corrected chi connectivity index (χ3v) is 9.41. The lowest BCUT2D eigenvalue weighted by atomic mass is 9.79. The number of benzene rings is 2. The minimum atomic E-state index is -0.716. The molecule has 4 nitrogen and oxygen atoms in total. The highest BCUT2D eigenvalue weighted by atomic mass is 32.2. The molecule has 0 bridgehead atoms. The predicted octanol–water partition coefficient (Wildman–Crippen LogP) is 9.32. The second-order valence-corrected chi connectivity index (χ2v) is 19.4. The quantitative estimate of drug-likeness (QED) is 0.196. The Morgan fingerprint density at radius 2 is 0.976 bits per heavy atom. The van der Waals surface area contributed by atoms with Crippen LogP contribution in [0.4, 0.5) is 0 Å². The average molecular weight is 605 g/mol. The number of rotatable bonds is 9. The van der Waals surface area contributed by atoms with Gasteiger partial charge in [0.05, 0.1) is 10.2 Å². The molecule has 0 heterocycles. The average Bonchev–Trinajstić information content (AvgIpc) is 2.75. The van der Waals surface area contributed by atoms with Crippen molar-refractivity contribution >= 4 is 23.5 Å². The molecule has 0 fully saturated rings. The summed E-state index contributed by atoms with van der Waals surface area (Å²) < 4.78 is 6.12. The molecule has 232 valence electrons. The van der Waals surface area contributed by atoms with Crippen LogP contribution in [-0.2, 0) is 21.7 Å². The zero-order chi connectivity index (χ0) is 31.8. The summed E-state index contributed by atoms with van der Waals surface area (Å²) in [6, 6.07) is 8.81. The Hall–Kier alpha value is -1.34. The van der Waals surface area contributed by atoms with Crippen LogP contribution in [0.1, 0.15) is 126 Å². The van der Waals surface area contributed by atoms with Crippen LogP contribution in [0.2, 0.25) is 0 Å². The molecule has 2 aromatic rings. The van der Waals surface area contributed by atoms with Gasteiger partial charge in [0.25, 0.3) is 0 Å². The van der Waals surface area contributed by atoms with Crippen LogP contribution in [0.3, 0.4) is 0 Å². The van der Waals surface area contributed by atoms with Gasteiger partial charge < -0.3 is 20.1 Å². The Bertz CT molecular complexity index is 1120. The van der Waals surface area contributed by atoms with E-state index in [1.807, 2.05) is 23.5 Å². The number of phenolic OH excluding ortho intramolecular Hbond substituents is 1. The van der Waals surface area contributed by atoms with Gasteiger partial charge in [-0.3, -0.25) is 0 Å². The van der Waals surface area contributed by atoms with Crippen LogP contribution in [0.15, 0.2) is 34.1 Å². The summed E-state index contributed by atoms with van der Waals surface area (Å²) >= 11 is 3.66. The van der Waals surface area contributed by atoms with Gasteiger partial charge in [-0.05, 0) is 66.2 Å². The second kappa shape index (κ2) is 12.7. The third-order valence-electron chi connectivity index (χ3n) is 6.99. The largest absolute Gasteiger partial charge is 0.507 e. The van der Waals surface area contributed by atoms with E-state index in [4.69, 9.17) is 4.74 Å². The lowest BCUT2D eigenvalue weighted by Crippen LogP contribution is -2.24. The van der Waals surface area contributed by atoms with Crippen molar-refractivity contribution < 1.29 is 20.1 Å². The first kappa shape index (κ1) is 35.9. The molecule has 0 aliphatic heterocycles. The molecule has 1 unspecified atom stereocenters. The molecular formula is C35H56O4S2. The normalized spacial score (nSPS) is 14.3. The zero-order valence-electron chi connectivity index (χ0n) is 28.1. The molecule has 0 saturated carbocycles. The molecule has 0 spiro atoms. The van der Waals surface area contributed by atoms with Crippen molar-refractivity contribution in [3.8, 4) is 11.5 Å². The number of ether oxygens (including phenoxy) is 1. The van der Waals surface area contributed by atoms with Crippen molar-refractivity contribution in [3.05, 3.63) is 46.5 Å². The van der Waals surface area contributed by atoms with Gasteiger partial charge in [0.15, 0.2) is 0 Å². The molecule has 0 saturated heterocycles. The molecule has 2 rings (SSSR count). The molecule has 1 atom stereocenters. The van der Waals surface area contributed by atoms with Gasteiger partial charge in [0.1, 0.15) is 18.1 Å². The maximum absolute atomic E-state index is 11.2. The number of phenols is 1. The van der Waals surface area contributed by atoms with Crippen molar-refractivity contribution in [1.29, 1.82) is 0 Å². The highest BCUT2D eigenvalue weighted by molar-refractivity contribution is 8.18. The lowest BCUT2D eigenvalue weighted by Gasteiger charge is -2.33. The van der Waals surface area contributed by atoms with Crippen LogP contribution in [-0.4, -0.2) is 38.7 Å². The summed E-state index contributed by atoms with van der Waals surface area (Å²) in [5, 5.41) is 30.7. The molecule has 0 aromatic heterocycles. The van der Waals surface area contributed by atoms with Gasteiger partial charge >= 0.3 is 0 Å². The van der Waals surface area contributed by atoms with E-state index in [0.29, 0.717) is 12.2 Å². The molecule has 2 aromatic carbocycles. The minimum absolute atomic E-state index is 0.0688. The summed E-state index contributed by atoms with van der Waals surface area (Å²) in [5.74, 6) is 1.24. The number of aromatic hydroxyl groups is 1. The number of hydrogen-bond acceptors (Lipinski definition) is 6. The number of hydrogen-bond donors (Lipinski definition) is 3. The van der Waals surface area contributed by atoms with Crippen molar-refractivity contribution in [2.45, 2.75) is 145 Å². The first-order valence-corrected chi connectivity index (χ1v) is 16.4. The Balaban J connectivity index is 2.59. The van der Waals surface area contributed by atoms with E-state index in [0.717, 1.165) is 32.9 Å². The number of thioether (sulfide) groups is 2. The smallest absolute Gasteiger partial charge is 0.126 e. The summed E-state index contributed by atoms with van der Waals surface area (Å²) in [7, 11) is 0. The molecular weight excluding hydrogens is 549 g/mol. The van der Waals surface area contributed by atoms with E-state index in [-0.39, 0.29) is 39.0 Å². The van der Waals surface area contributed by atoms with E-state index < -0.39 is 6.10 Å². The van der Waals surface area contributed by atoms with Crippen molar-refractivity contribution in [3.63, 3.8) is 0 Å². The van der Waals surface area contributed by atoms with E-state index in [9.17, 15) is 15.3 Å². The van der Waals surface area contributed by atoms with Crippen LogP contribution >= 0.6 is 23.5 Å². The van der Waals surface area contributed by atoms with Gasteiger partial charge in [-0.15, -0.1) is 23.5 Å². The predicted molar refractivity (Wildman–Crippen MR) is 178 cm³/mol. The molecule has 6 heteroatoms. The molecule has 3 N–H and O–H groups in total. The van der Waals surface area contributed by atoms with Crippen molar-refractivity contribution in [2.75, 3.05) is 13.2 Å². The van der Waals surface area contributed by atoms with Crippen molar-refractivity contribution in [1.82, 2.24) is 0 Å². The summed E-state index contributed by atoms with van der Waals surface area (Å²) in [5.41, 5.74) is 3.46. The fraction of sp³-hybridized carbons (Fsp3) is 0.657. The number of aliphatic hydroxyl groups is 2. The Morgan fingerprint density at radius 3 is 1.29 bits per heavy atom. The van der Waals surface area contributed by atoms with Crippen LogP contribution < -0.4 is 4.74 Å². The lowest BCUT2D eigenvalue weighted by molar-refractivity contribution is 0.0804. The fourth-order valence-corrected chi connectivity index (χ4v) is 7.33. The molecule has 0 radical (unpaired) electrons. The Kier molecular flexibility index (Phi) is 11.1. The van der Waals surface area contributed by atoms with Gasteiger partial charge in [-0.2, -0.15) is 0 Å². The maximum Gasteiger partial charge on any atom is 0.126 e. The summed E-state index contributed by atoms with van der Waals surface area (Å²) in [4.78, 5) is 2.33. The molecule has 0 aliphatic rings. The van der Waals surface area contributed by atoms with E-state index in [1.165, 1.54) is 4.90 Å². The molecule has 0 amide bonds. The van der Waals surface area contributed by atoms with E-state index in [1.54, 1.807) is 0 Å². The standard InChI is InChI=1S/C35H56O4S2/c1-31(2,3)25-17-23(18-26(29(25)38)32(4,5)6)40-35(13,14)41-24-19-27(33(7,8)9)30(28(20-24)34(10,11)12)39-21-22(37)15-16-36/h17-20,22,36-38H,15-16,21H2,1-14H3. The maximum atomic E-state index is 11.2. The molecule has 0 aliphatic carbocycles. The van der Waals surface area contributed by atoms with Crippen LogP contribution in [0, 0.1) is 0 Å². The monoisotopic (exact) mass is 604 g/mol. The minimum Gasteiger partial charge on any atom is -0.507 e. The first-order valence-electron chi connectivity index (χ1n) is 14.7. The second-order valence-electron chi connectivity index (χ2n) is 15.8. The highest BCUT2D eigenvalue weighted by Crippen LogP contribution is 2.51. The fourth-order valence-electron chi connectivity index (χ4n) is 4.74. The van der Waals surface area contributed by atoms with Gasteiger partial charge in [0.2, 0.25) is 0 Å². The summed E-state index contributed by atoms with van der Waals surface area (Å²) in [6.45, 7) is 30.6. The Labute approximate surface area is 259 Å². The topological polar surface area (TPSA) is 69.9 Å². The Morgan fingerprint density at radius 1 is 0.634 bits per heavy atom. The number of aliphatic hydroxyl groups excluding tert-OH is 2. The van der Waals surface area contributed by atoms with E-state index in [2.05, 4.69) is 121 Å². The van der Waals surface area contributed by atoms with Gasteiger partial charge in [-0.25, -0.2) is 0 Å². The van der Waals surface area contributed by atoms with Crippen molar-refractivity contribution in [2.24, 2.45) is 0 Å². The zero-order valence-corrected chi connectivity index (χ0v) is 29.7. The first-order chi connectivity index (χ1) is 18.4. The van der Waals surface area contributed by atoms with Crippen LogP contribution in [0.5, 0.6) is 11.5 Å². The third kappa shape index (κ3) is 9.84. The summed E-state index contributed by atoms with van der Waals surface area (Å²) in [6.07, 6.45) is -0.425. The SMILES string of the molecule is CC(C)(Sc1cc(C(C)(C)C)c(O)c(C(C)(C)C)c1)Sc1cc(C(C)(C)C)c(OCC(O)CCO)c(C(C)(C)C)c1. The van der Waals surface area contributed by atoms with Gasteiger partial charge in [-0.1, -0.05) is 83.1 Å². The van der Waals surface area contributed by atoms with Crippen LogP contribution in [0.25, 0.3) is 0 Å².